The molecule has 2 aromatic rings. The van der Waals surface area contributed by atoms with Gasteiger partial charge in [0.1, 0.15) is 12.4 Å². The summed E-state index contributed by atoms with van der Waals surface area (Å²) in [5, 5.41) is 3.08. The molecule has 0 bridgehead atoms. The highest BCUT2D eigenvalue weighted by atomic mass is 79.9. The van der Waals surface area contributed by atoms with E-state index in [9.17, 15) is 0 Å². The fourth-order valence-electron chi connectivity index (χ4n) is 1.60. The number of halogens is 1. The van der Waals surface area contributed by atoms with Gasteiger partial charge in [-0.05, 0) is 37.4 Å². The number of benzene rings is 1. The van der Waals surface area contributed by atoms with Crippen molar-refractivity contribution >= 4 is 15.9 Å². The minimum Gasteiger partial charge on any atom is -0.487 e. The molecule has 0 spiro atoms. The minimum atomic E-state index is 0.480. The van der Waals surface area contributed by atoms with Gasteiger partial charge in [0.05, 0.1) is 11.4 Å². The Hall–Kier alpha value is -1.39. The molecule has 1 aromatic heterocycles. The topological polar surface area (TPSA) is 34.1 Å². The van der Waals surface area contributed by atoms with Gasteiger partial charge in [-0.15, -0.1) is 0 Å². The third-order valence-electron chi connectivity index (χ3n) is 2.41. The Kier molecular flexibility index (Phi) is 4.73. The molecule has 0 aliphatic rings. The average Bonchev–Trinajstić information content (AvgIpc) is 2.37. The molecule has 0 saturated heterocycles. The number of ether oxygens (including phenoxy) is 1. The smallest absolute Gasteiger partial charge is 0.130 e. The first-order chi connectivity index (χ1) is 8.78. The van der Waals surface area contributed by atoms with Gasteiger partial charge in [0.25, 0.3) is 0 Å². The van der Waals surface area contributed by atoms with Crippen molar-refractivity contribution in [2.75, 3.05) is 7.05 Å². The number of nitrogens with one attached hydrogen (secondary N) is 1. The Morgan fingerprint density at radius 1 is 1.17 bits per heavy atom. The van der Waals surface area contributed by atoms with Crippen LogP contribution in [0.4, 0.5) is 0 Å². The molecule has 0 fully saturated rings. The normalized spacial score (nSPS) is 10.3. The van der Waals surface area contributed by atoms with Gasteiger partial charge in [-0.1, -0.05) is 28.1 Å². The highest BCUT2D eigenvalue weighted by molar-refractivity contribution is 9.10. The van der Waals surface area contributed by atoms with Crippen LogP contribution in [-0.2, 0) is 13.2 Å². The van der Waals surface area contributed by atoms with Gasteiger partial charge in [0.2, 0.25) is 0 Å². The summed E-state index contributed by atoms with van der Waals surface area (Å²) < 4.78 is 6.70. The van der Waals surface area contributed by atoms with Crippen LogP contribution < -0.4 is 10.1 Å². The predicted octanol–water partition coefficient (Wildman–Crippen LogP) is 3.14. The van der Waals surface area contributed by atoms with Crippen LogP contribution in [0.5, 0.6) is 5.75 Å². The minimum absolute atomic E-state index is 0.480. The lowest BCUT2D eigenvalue weighted by atomic mass is 10.3. The van der Waals surface area contributed by atoms with Gasteiger partial charge >= 0.3 is 0 Å². The summed E-state index contributed by atoms with van der Waals surface area (Å²) in [4.78, 5) is 4.50. The van der Waals surface area contributed by atoms with Crippen molar-refractivity contribution in [3.05, 3.63) is 58.3 Å². The van der Waals surface area contributed by atoms with Crippen molar-refractivity contribution in [3.63, 3.8) is 0 Å². The first-order valence-electron chi connectivity index (χ1n) is 5.76. The van der Waals surface area contributed by atoms with Crippen molar-refractivity contribution in [2.45, 2.75) is 13.2 Å². The molecule has 18 heavy (non-hydrogen) atoms. The van der Waals surface area contributed by atoms with Crippen LogP contribution in [0.25, 0.3) is 0 Å². The lowest BCUT2D eigenvalue weighted by molar-refractivity contribution is 0.300. The van der Waals surface area contributed by atoms with Crippen LogP contribution in [0.1, 0.15) is 11.4 Å². The predicted molar refractivity (Wildman–Crippen MR) is 75.5 cm³/mol. The zero-order valence-corrected chi connectivity index (χ0v) is 11.8. The zero-order chi connectivity index (χ0) is 12.8. The lowest BCUT2D eigenvalue weighted by Crippen LogP contribution is -2.08. The van der Waals surface area contributed by atoms with Crippen molar-refractivity contribution in [1.29, 1.82) is 0 Å². The largest absolute Gasteiger partial charge is 0.487 e. The van der Waals surface area contributed by atoms with Crippen LogP contribution in [0, 0.1) is 0 Å². The molecule has 0 radical (unpaired) electrons. The second-order valence-electron chi connectivity index (χ2n) is 3.90. The van der Waals surface area contributed by atoms with Crippen molar-refractivity contribution in [1.82, 2.24) is 10.3 Å². The molecule has 1 heterocycles. The van der Waals surface area contributed by atoms with Gasteiger partial charge < -0.3 is 10.1 Å². The third-order valence-corrected chi connectivity index (χ3v) is 2.90. The summed E-state index contributed by atoms with van der Waals surface area (Å²) in [5.74, 6) is 0.838. The number of hydrogen-bond acceptors (Lipinski definition) is 3. The molecule has 0 aliphatic carbocycles. The Bertz CT molecular complexity index is 517. The zero-order valence-electron chi connectivity index (χ0n) is 10.2. The molecule has 0 unspecified atom stereocenters. The van der Waals surface area contributed by atoms with Crippen LogP contribution in [0.3, 0.4) is 0 Å². The Labute approximate surface area is 115 Å². The number of rotatable bonds is 5. The molecule has 0 aliphatic heterocycles. The summed E-state index contributed by atoms with van der Waals surface area (Å²) in [7, 11) is 1.91. The van der Waals surface area contributed by atoms with E-state index in [0.717, 1.165) is 28.2 Å². The van der Waals surface area contributed by atoms with E-state index in [4.69, 9.17) is 4.74 Å². The van der Waals surface area contributed by atoms with Gasteiger partial charge in [-0.2, -0.15) is 0 Å². The molecule has 1 aromatic carbocycles. The van der Waals surface area contributed by atoms with Gasteiger partial charge in [-0.3, -0.25) is 4.98 Å². The van der Waals surface area contributed by atoms with E-state index in [1.54, 1.807) is 0 Å². The first kappa shape index (κ1) is 13.1. The maximum atomic E-state index is 5.69. The monoisotopic (exact) mass is 306 g/mol. The fourth-order valence-corrected chi connectivity index (χ4v) is 1.98. The third kappa shape index (κ3) is 3.82. The summed E-state index contributed by atoms with van der Waals surface area (Å²) in [5.41, 5.74) is 1.95. The highest BCUT2D eigenvalue weighted by Gasteiger charge is 1.99. The lowest BCUT2D eigenvalue weighted by Gasteiger charge is -2.07. The molecule has 1 N–H and O–H groups in total. The molecule has 0 atom stereocenters. The second kappa shape index (κ2) is 6.52. The molecular formula is C14H15BrN2O. The molecule has 94 valence electrons. The van der Waals surface area contributed by atoms with E-state index >= 15 is 0 Å². The second-order valence-corrected chi connectivity index (χ2v) is 4.81. The van der Waals surface area contributed by atoms with E-state index in [2.05, 4.69) is 26.2 Å². The maximum absolute atomic E-state index is 5.69. The molecule has 2 rings (SSSR count). The average molecular weight is 307 g/mol. The summed E-state index contributed by atoms with van der Waals surface area (Å²) >= 11 is 3.42. The number of pyridine rings is 1. The number of nitrogens with zero attached hydrogens (tertiary/aromatic N) is 1. The summed E-state index contributed by atoms with van der Waals surface area (Å²) in [6.07, 6.45) is 0. The molecule has 4 heteroatoms. The van der Waals surface area contributed by atoms with Gasteiger partial charge in [0.15, 0.2) is 0 Å². The Balaban J connectivity index is 1.99. The van der Waals surface area contributed by atoms with Crippen LogP contribution in [0.2, 0.25) is 0 Å². The standard InChI is InChI=1S/C14H15BrN2O/c1-16-9-12-5-3-6-13(17-12)10-18-14-7-2-4-11(15)8-14/h2-8,16H,9-10H2,1H3. The molecule has 0 amide bonds. The number of aromatic nitrogens is 1. The van der Waals surface area contributed by atoms with Crippen LogP contribution in [-0.4, -0.2) is 12.0 Å². The summed E-state index contributed by atoms with van der Waals surface area (Å²) in [6.45, 7) is 1.25. The first-order valence-corrected chi connectivity index (χ1v) is 6.55. The molecule has 0 saturated carbocycles. The molecule has 3 nitrogen and oxygen atoms in total. The van der Waals surface area contributed by atoms with Gasteiger partial charge in [0, 0.05) is 11.0 Å². The van der Waals surface area contributed by atoms with Crippen LogP contribution in [0.15, 0.2) is 46.9 Å². The van der Waals surface area contributed by atoms with Crippen molar-refractivity contribution < 1.29 is 4.74 Å². The van der Waals surface area contributed by atoms with Gasteiger partial charge in [-0.25, -0.2) is 0 Å². The van der Waals surface area contributed by atoms with E-state index in [1.807, 2.05) is 49.5 Å². The Morgan fingerprint density at radius 3 is 2.72 bits per heavy atom. The highest BCUT2D eigenvalue weighted by Crippen LogP contribution is 2.18. The van der Waals surface area contributed by atoms with Crippen molar-refractivity contribution in [2.24, 2.45) is 0 Å². The maximum Gasteiger partial charge on any atom is 0.130 e. The van der Waals surface area contributed by atoms with E-state index in [1.165, 1.54) is 0 Å². The number of hydrogen-bond donors (Lipinski definition) is 1. The van der Waals surface area contributed by atoms with E-state index in [0.29, 0.717) is 6.61 Å². The summed E-state index contributed by atoms with van der Waals surface area (Å²) in [6, 6.07) is 13.8. The van der Waals surface area contributed by atoms with Crippen LogP contribution >= 0.6 is 15.9 Å². The quantitative estimate of drug-likeness (QED) is 0.921. The van der Waals surface area contributed by atoms with Crippen molar-refractivity contribution in [3.8, 4) is 5.75 Å². The van der Waals surface area contributed by atoms with E-state index < -0.39 is 0 Å². The van der Waals surface area contributed by atoms with E-state index in [-0.39, 0.29) is 0 Å². The fraction of sp³-hybridized carbons (Fsp3) is 0.214. The molecular weight excluding hydrogens is 292 g/mol. The Morgan fingerprint density at radius 2 is 1.94 bits per heavy atom. The SMILES string of the molecule is CNCc1cccc(COc2cccc(Br)c2)n1.